The van der Waals surface area contributed by atoms with Gasteiger partial charge in [-0.3, -0.25) is 0 Å². The lowest BCUT2D eigenvalue weighted by Gasteiger charge is -2.33. The van der Waals surface area contributed by atoms with E-state index in [9.17, 15) is 0 Å². The highest BCUT2D eigenvalue weighted by Crippen LogP contribution is 2.28. The molecule has 0 unspecified atom stereocenters. The van der Waals surface area contributed by atoms with Crippen molar-refractivity contribution in [1.82, 2.24) is 9.80 Å². The highest BCUT2D eigenvalue weighted by Gasteiger charge is 2.15. The quantitative estimate of drug-likeness (QED) is 0.682. The standard InChI is InChI=1S/C19H32N2O/c1-4-17(3)18-9-6-7-10-19(18)22-16-8-11-21-14-12-20(5-2)13-15-21/h6-7,9-10,17H,4-5,8,11-16H2,1-3H3/t17-/m1/s1. The lowest BCUT2D eigenvalue weighted by atomic mass is 9.98. The van der Waals surface area contributed by atoms with E-state index in [1.165, 1.54) is 38.3 Å². The number of hydrogen-bond donors (Lipinski definition) is 0. The molecule has 0 radical (unpaired) electrons. The molecule has 1 fully saturated rings. The minimum atomic E-state index is 0.568. The number of nitrogens with zero attached hydrogens (tertiary/aromatic N) is 2. The first-order valence-electron chi connectivity index (χ1n) is 8.91. The monoisotopic (exact) mass is 304 g/mol. The van der Waals surface area contributed by atoms with Crippen LogP contribution in [0.2, 0.25) is 0 Å². The van der Waals surface area contributed by atoms with Gasteiger partial charge in [0, 0.05) is 32.7 Å². The molecular weight excluding hydrogens is 272 g/mol. The van der Waals surface area contributed by atoms with Crippen LogP contribution in [0.3, 0.4) is 0 Å². The lowest BCUT2D eigenvalue weighted by Crippen LogP contribution is -2.46. The van der Waals surface area contributed by atoms with Crippen LogP contribution in [0.25, 0.3) is 0 Å². The Kier molecular flexibility index (Phi) is 7.20. The van der Waals surface area contributed by atoms with E-state index in [4.69, 9.17) is 4.74 Å². The van der Waals surface area contributed by atoms with Crippen molar-refractivity contribution in [2.24, 2.45) is 0 Å². The number of likely N-dealkylation sites (N-methyl/N-ethyl adjacent to an activating group) is 1. The highest BCUT2D eigenvalue weighted by atomic mass is 16.5. The Bertz CT molecular complexity index is 427. The minimum Gasteiger partial charge on any atom is -0.493 e. The molecule has 0 saturated carbocycles. The molecule has 1 heterocycles. The van der Waals surface area contributed by atoms with E-state index in [1.807, 2.05) is 0 Å². The van der Waals surface area contributed by atoms with Crippen molar-refractivity contribution in [2.45, 2.75) is 39.5 Å². The fourth-order valence-electron chi connectivity index (χ4n) is 3.04. The van der Waals surface area contributed by atoms with Gasteiger partial charge in [0.2, 0.25) is 0 Å². The molecule has 3 nitrogen and oxygen atoms in total. The maximum atomic E-state index is 6.06. The summed E-state index contributed by atoms with van der Waals surface area (Å²) in [7, 11) is 0. The first kappa shape index (κ1) is 17.3. The molecule has 0 N–H and O–H groups in total. The largest absolute Gasteiger partial charge is 0.493 e. The van der Waals surface area contributed by atoms with Crippen LogP contribution in [-0.4, -0.2) is 55.7 Å². The lowest BCUT2D eigenvalue weighted by molar-refractivity contribution is 0.130. The summed E-state index contributed by atoms with van der Waals surface area (Å²) >= 11 is 0. The van der Waals surface area contributed by atoms with Crippen molar-refractivity contribution < 1.29 is 4.74 Å². The zero-order valence-electron chi connectivity index (χ0n) is 14.6. The molecular formula is C19H32N2O. The summed E-state index contributed by atoms with van der Waals surface area (Å²) in [6.07, 6.45) is 2.27. The Morgan fingerprint density at radius 2 is 1.73 bits per heavy atom. The van der Waals surface area contributed by atoms with Gasteiger partial charge in [-0.15, -0.1) is 0 Å². The van der Waals surface area contributed by atoms with Crippen LogP contribution in [0.1, 0.15) is 45.1 Å². The predicted molar refractivity (Wildman–Crippen MR) is 93.8 cm³/mol. The van der Waals surface area contributed by atoms with Crippen LogP contribution in [-0.2, 0) is 0 Å². The van der Waals surface area contributed by atoms with Crippen molar-refractivity contribution >= 4 is 0 Å². The van der Waals surface area contributed by atoms with Crippen LogP contribution >= 0.6 is 0 Å². The van der Waals surface area contributed by atoms with Gasteiger partial charge >= 0.3 is 0 Å². The summed E-state index contributed by atoms with van der Waals surface area (Å²) < 4.78 is 6.06. The Labute approximate surface area is 136 Å². The van der Waals surface area contributed by atoms with Crippen molar-refractivity contribution in [3.05, 3.63) is 29.8 Å². The van der Waals surface area contributed by atoms with E-state index in [2.05, 4.69) is 54.8 Å². The van der Waals surface area contributed by atoms with E-state index in [0.29, 0.717) is 5.92 Å². The normalized spacial score (nSPS) is 18.3. The molecule has 3 heteroatoms. The van der Waals surface area contributed by atoms with Crippen LogP contribution in [0.5, 0.6) is 5.75 Å². The van der Waals surface area contributed by atoms with Gasteiger partial charge in [0.05, 0.1) is 6.61 Å². The summed E-state index contributed by atoms with van der Waals surface area (Å²) in [6.45, 7) is 14.8. The third kappa shape index (κ3) is 4.99. The Morgan fingerprint density at radius 3 is 2.41 bits per heavy atom. The second-order valence-corrected chi connectivity index (χ2v) is 6.33. The molecule has 0 aliphatic carbocycles. The number of piperazine rings is 1. The molecule has 124 valence electrons. The minimum absolute atomic E-state index is 0.568. The van der Waals surface area contributed by atoms with Gasteiger partial charge in [-0.25, -0.2) is 0 Å². The third-order valence-corrected chi connectivity index (χ3v) is 4.85. The summed E-state index contributed by atoms with van der Waals surface area (Å²) in [4.78, 5) is 5.09. The number of para-hydroxylation sites is 1. The van der Waals surface area contributed by atoms with E-state index in [-0.39, 0.29) is 0 Å². The summed E-state index contributed by atoms with van der Waals surface area (Å²) in [5.74, 6) is 1.64. The molecule has 0 amide bonds. The molecule has 0 aromatic heterocycles. The average molecular weight is 304 g/mol. The highest BCUT2D eigenvalue weighted by molar-refractivity contribution is 5.35. The number of benzene rings is 1. The molecule has 0 bridgehead atoms. The Hall–Kier alpha value is -1.06. The summed E-state index contributed by atoms with van der Waals surface area (Å²) in [5.41, 5.74) is 1.35. The SMILES string of the molecule is CC[C@@H](C)c1ccccc1OCCCN1CCN(CC)CC1. The van der Waals surface area contributed by atoms with Crippen LogP contribution in [0, 0.1) is 0 Å². The molecule has 1 atom stereocenters. The van der Waals surface area contributed by atoms with Gasteiger partial charge in [0.1, 0.15) is 5.75 Å². The number of ether oxygens (including phenoxy) is 1. The third-order valence-electron chi connectivity index (χ3n) is 4.85. The van der Waals surface area contributed by atoms with E-state index < -0.39 is 0 Å². The Morgan fingerprint density at radius 1 is 1.05 bits per heavy atom. The van der Waals surface area contributed by atoms with Crippen LogP contribution in [0.4, 0.5) is 0 Å². The second-order valence-electron chi connectivity index (χ2n) is 6.33. The van der Waals surface area contributed by atoms with Crippen molar-refractivity contribution in [3.8, 4) is 5.75 Å². The maximum absolute atomic E-state index is 6.06. The molecule has 0 spiro atoms. The Balaban J connectivity index is 1.71. The van der Waals surface area contributed by atoms with Gasteiger partial charge in [0.15, 0.2) is 0 Å². The van der Waals surface area contributed by atoms with Crippen LogP contribution in [0.15, 0.2) is 24.3 Å². The second kappa shape index (κ2) is 9.16. The first-order valence-corrected chi connectivity index (χ1v) is 8.91. The van der Waals surface area contributed by atoms with Crippen molar-refractivity contribution in [2.75, 3.05) is 45.9 Å². The number of hydrogen-bond acceptors (Lipinski definition) is 3. The van der Waals surface area contributed by atoms with E-state index >= 15 is 0 Å². The predicted octanol–water partition coefficient (Wildman–Crippen LogP) is 3.61. The van der Waals surface area contributed by atoms with Gasteiger partial charge in [-0.2, -0.15) is 0 Å². The molecule has 1 aromatic carbocycles. The van der Waals surface area contributed by atoms with Crippen molar-refractivity contribution in [3.63, 3.8) is 0 Å². The maximum Gasteiger partial charge on any atom is 0.122 e. The van der Waals surface area contributed by atoms with Gasteiger partial charge in [0.25, 0.3) is 0 Å². The van der Waals surface area contributed by atoms with Crippen molar-refractivity contribution in [1.29, 1.82) is 0 Å². The zero-order chi connectivity index (χ0) is 15.8. The summed E-state index contributed by atoms with van der Waals surface area (Å²) in [6, 6.07) is 8.50. The fourth-order valence-corrected chi connectivity index (χ4v) is 3.04. The fraction of sp³-hybridized carbons (Fsp3) is 0.684. The van der Waals surface area contributed by atoms with Gasteiger partial charge in [-0.1, -0.05) is 39.0 Å². The smallest absolute Gasteiger partial charge is 0.122 e. The van der Waals surface area contributed by atoms with Gasteiger partial charge in [-0.05, 0) is 36.9 Å². The molecule has 1 aromatic rings. The molecule has 22 heavy (non-hydrogen) atoms. The average Bonchev–Trinajstić information content (AvgIpc) is 2.59. The van der Waals surface area contributed by atoms with E-state index in [0.717, 1.165) is 31.7 Å². The summed E-state index contributed by atoms with van der Waals surface area (Å²) in [5, 5.41) is 0. The zero-order valence-corrected chi connectivity index (χ0v) is 14.6. The van der Waals surface area contributed by atoms with Crippen LogP contribution < -0.4 is 4.74 Å². The number of rotatable bonds is 8. The van der Waals surface area contributed by atoms with Gasteiger partial charge < -0.3 is 14.5 Å². The molecule has 1 aliphatic heterocycles. The molecule has 2 rings (SSSR count). The first-order chi connectivity index (χ1) is 10.7. The molecule has 1 saturated heterocycles. The van der Waals surface area contributed by atoms with E-state index in [1.54, 1.807) is 0 Å². The topological polar surface area (TPSA) is 15.7 Å². The molecule has 1 aliphatic rings.